The number of carbonyl (C=O) groups excluding carboxylic acids is 1. The van der Waals surface area contributed by atoms with Crippen LogP contribution < -0.4 is 9.47 Å². The maximum Gasteiger partial charge on any atom is 0.337 e. The Balaban J connectivity index is 1.81. The van der Waals surface area contributed by atoms with Crippen molar-refractivity contribution in [2.75, 3.05) is 28.4 Å². The van der Waals surface area contributed by atoms with Gasteiger partial charge in [0.1, 0.15) is 0 Å². The molecule has 10 nitrogen and oxygen atoms in total. The lowest BCUT2D eigenvalue weighted by Gasteiger charge is -2.15. The Labute approximate surface area is 179 Å². The number of ether oxygens (including phenoxy) is 3. The first kappa shape index (κ1) is 22.2. The van der Waals surface area contributed by atoms with E-state index in [0.717, 1.165) is 4.31 Å². The number of sulfonamides is 1. The Morgan fingerprint density at radius 2 is 1.81 bits per heavy atom. The number of aromatic nitrogens is 2. The van der Waals surface area contributed by atoms with E-state index in [2.05, 4.69) is 14.9 Å². The normalized spacial score (nSPS) is 11.4. The molecule has 0 aliphatic heterocycles. The Morgan fingerprint density at radius 3 is 2.48 bits per heavy atom. The van der Waals surface area contributed by atoms with Crippen LogP contribution in [-0.2, 0) is 21.3 Å². The van der Waals surface area contributed by atoms with Crippen LogP contribution in [0.4, 0.5) is 0 Å². The number of hydrogen-bond donors (Lipinski definition) is 0. The minimum atomic E-state index is -3.92. The summed E-state index contributed by atoms with van der Waals surface area (Å²) in [7, 11) is 1.72. The van der Waals surface area contributed by atoms with Crippen molar-refractivity contribution >= 4 is 16.0 Å². The molecule has 3 rings (SSSR count). The third kappa shape index (κ3) is 4.67. The smallest absolute Gasteiger partial charge is 0.337 e. The molecule has 0 bridgehead atoms. The molecule has 2 aromatic carbocycles. The predicted octanol–water partition coefficient (Wildman–Crippen LogP) is 2.36. The van der Waals surface area contributed by atoms with Gasteiger partial charge in [0.25, 0.3) is 0 Å². The molecule has 1 aromatic heterocycles. The molecule has 31 heavy (non-hydrogen) atoms. The second-order valence-corrected chi connectivity index (χ2v) is 8.41. The fourth-order valence-electron chi connectivity index (χ4n) is 2.77. The van der Waals surface area contributed by atoms with Crippen molar-refractivity contribution in [2.45, 2.75) is 11.4 Å². The van der Waals surface area contributed by atoms with Gasteiger partial charge in [0.15, 0.2) is 11.5 Å². The van der Waals surface area contributed by atoms with Crippen molar-refractivity contribution < 1.29 is 31.9 Å². The van der Waals surface area contributed by atoms with Gasteiger partial charge in [-0.25, -0.2) is 13.2 Å². The second-order valence-electron chi connectivity index (χ2n) is 6.36. The van der Waals surface area contributed by atoms with Gasteiger partial charge in [-0.3, -0.25) is 0 Å². The van der Waals surface area contributed by atoms with Crippen LogP contribution >= 0.6 is 0 Å². The second kappa shape index (κ2) is 9.14. The predicted molar refractivity (Wildman–Crippen MR) is 109 cm³/mol. The summed E-state index contributed by atoms with van der Waals surface area (Å²) in [5.41, 5.74) is 0.745. The monoisotopic (exact) mass is 447 g/mol. The van der Waals surface area contributed by atoms with Crippen LogP contribution in [0.1, 0.15) is 16.2 Å². The standard InChI is InChI=1S/C20H21N3O7S/c1-23(31(25,26)15-7-5-6-14(10-15)20(24)29-4)12-18-21-19(22-30-18)13-8-9-16(27-2)17(11-13)28-3/h5-11H,12H2,1-4H3. The van der Waals surface area contributed by atoms with Gasteiger partial charge < -0.3 is 18.7 Å². The molecular weight excluding hydrogens is 426 g/mol. The number of methoxy groups -OCH3 is 3. The quantitative estimate of drug-likeness (QED) is 0.479. The molecule has 0 N–H and O–H groups in total. The molecule has 0 atom stereocenters. The highest BCUT2D eigenvalue weighted by Gasteiger charge is 2.24. The molecule has 0 fully saturated rings. The van der Waals surface area contributed by atoms with Crippen molar-refractivity contribution in [1.29, 1.82) is 0 Å². The Morgan fingerprint density at radius 1 is 1.06 bits per heavy atom. The molecule has 164 valence electrons. The van der Waals surface area contributed by atoms with E-state index in [1.165, 1.54) is 52.6 Å². The van der Waals surface area contributed by atoms with E-state index in [0.29, 0.717) is 17.1 Å². The summed E-state index contributed by atoms with van der Waals surface area (Å²) in [6, 6.07) is 10.7. The number of benzene rings is 2. The van der Waals surface area contributed by atoms with E-state index in [1.807, 2.05) is 0 Å². The fourth-order valence-corrected chi connectivity index (χ4v) is 3.94. The molecule has 0 spiro atoms. The van der Waals surface area contributed by atoms with E-state index < -0.39 is 16.0 Å². The van der Waals surface area contributed by atoms with Crippen molar-refractivity contribution in [2.24, 2.45) is 0 Å². The SMILES string of the molecule is COC(=O)c1cccc(S(=O)(=O)N(C)Cc2nc(-c3ccc(OC)c(OC)c3)no2)c1. The highest BCUT2D eigenvalue weighted by Crippen LogP contribution is 2.31. The van der Waals surface area contributed by atoms with Gasteiger partial charge in [-0.2, -0.15) is 9.29 Å². The molecule has 0 aliphatic rings. The molecule has 0 amide bonds. The van der Waals surface area contributed by atoms with Crippen LogP contribution in [-0.4, -0.2) is 57.2 Å². The van der Waals surface area contributed by atoms with Crippen LogP contribution in [0.25, 0.3) is 11.4 Å². The third-order valence-corrected chi connectivity index (χ3v) is 6.23. The van der Waals surface area contributed by atoms with Gasteiger partial charge in [-0.15, -0.1) is 0 Å². The minimum absolute atomic E-state index is 0.0578. The first-order valence-corrected chi connectivity index (χ1v) is 10.4. The van der Waals surface area contributed by atoms with Crippen LogP contribution in [0, 0.1) is 0 Å². The zero-order chi connectivity index (χ0) is 22.6. The van der Waals surface area contributed by atoms with Gasteiger partial charge in [0, 0.05) is 12.6 Å². The van der Waals surface area contributed by atoms with Gasteiger partial charge in [0.2, 0.25) is 21.7 Å². The number of carbonyl (C=O) groups is 1. The van der Waals surface area contributed by atoms with Gasteiger partial charge in [-0.05, 0) is 36.4 Å². The number of hydrogen-bond acceptors (Lipinski definition) is 9. The summed E-state index contributed by atoms with van der Waals surface area (Å²) < 4.78 is 47.1. The molecule has 0 saturated heterocycles. The molecule has 0 unspecified atom stereocenters. The van der Waals surface area contributed by atoms with E-state index in [1.54, 1.807) is 18.2 Å². The first-order valence-electron chi connectivity index (χ1n) is 9.00. The third-order valence-electron chi connectivity index (χ3n) is 4.43. The molecular formula is C20H21N3O7S. The molecule has 0 radical (unpaired) electrons. The largest absolute Gasteiger partial charge is 0.493 e. The van der Waals surface area contributed by atoms with Crippen molar-refractivity contribution in [3.8, 4) is 22.9 Å². The molecule has 11 heteroatoms. The minimum Gasteiger partial charge on any atom is -0.493 e. The lowest BCUT2D eigenvalue weighted by Crippen LogP contribution is -2.26. The zero-order valence-electron chi connectivity index (χ0n) is 17.4. The Hall–Kier alpha value is -3.44. The van der Waals surface area contributed by atoms with Gasteiger partial charge >= 0.3 is 5.97 Å². The van der Waals surface area contributed by atoms with Crippen LogP contribution in [0.5, 0.6) is 11.5 Å². The summed E-state index contributed by atoms with van der Waals surface area (Å²) >= 11 is 0. The average Bonchev–Trinajstić information content (AvgIpc) is 3.26. The van der Waals surface area contributed by atoms with Gasteiger partial charge in [0.05, 0.1) is 38.3 Å². The van der Waals surface area contributed by atoms with Crippen LogP contribution in [0.3, 0.4) is 0 Å². The topological polar surface area (TPSA) is 121 Å². The van der Waals surface area contributed by atoms with E-state index >= 15 is 0 Å². The van der Waals surface area contributed by atoms with Crippen LogP contribution in [0.2, 0.25) is 0 Å². The number of esters is 1. The van der Waals surface area contributed by atoms with E-state index in [9.17, 15) is 13.2 Å². The lowest BCUT2D eigenvalue weighted by molar-refractivity contribution is 0.0600. The van der Waals surface area contributed by atoms with Crippen molar-refractivity contribution in [1.82, 2.24) is 14.4 Å². The van der Waals surface area contributed by atoms with Crippen molar-refractivity contribution in [3.05, 3.63) is 53.9 Å². The Kier molecular flexibility index (Phi) is 6.56. The maximum atomic E-state index is 12.9. The first-order chi connectivity index (χ1) is 14.8. The number of rotatable bonds is 8. The summed E-state index contributed by atoms with van der Waals surface area (Å²) in [4.78, 5) is 15.9. The Bertz CT molecular complexity index is 1190. The molecule has 0 saturated carbocycles. The van der Waals surface area contributed by atoms with Crippen LogP contribution in [0.15, 0.2) is 51.9 Å². The van der Waals surface area contributed by atoms with E-state index in [-0.39, 0.29) is 28.7 Å². The summed E-state index contributed by atoms with van der Waals surface area (Å²) in [5, 5.41) is 3.91. The highest BCUT2D eigenvalue weighted by molar-refractivity contribution is 7.89. The van der Waals surface area contributed by atoms with Crippen molar-refractivity contribution in [3.63, 3.8) is 0 Å². The maximum absolute atomic E-state index is 12.9. The molecule has 3 aromatic rings. The average molecular weight is 447 g/mol. The molecule has 1 heterocycles. The summed E-state index contributed by atoms with van der Waals surface area (Å²) in [6.07, 6.45) is 0. The summed E-state index contributed by atoms with van der Waals surface area (Å²) in [6.45, 7) is -0.162. The highest BCUT2D eigenvalue weighted by atomic mass is 32.2. The zero-order valence-corrected chi connectivity index (χ0v) is 18.2. The molecule has 0 aliphatic carbocycles. The van der Waals surface area contributed by atoms with E-state index in [4.69, 9.17) is 14.0 Å². The number of nitrogens with zero attached hydrogens (tertiary/aromatic N) is 3. The lowest BCUT2D eigenvalue weighted by atomic mass is 10.2. The fraction of sp³-hybridized carbons (Fsp3) is 0.250. The summed E-state index contributed by atoms with van der Waals surface area (Å²) in [5.74, 6) is 0.789. The van der Waals surface area contributed by atoms with Gasteiger partial charge in [-0.1, -0.05) is 11.2 Å².